The maximum Gasteiger partial charge on any atom is 0.309 e. The van der Waals surface area contributed by atoms with Gasteiger partial charge in [0.25, 0.3) is 0 Å². The van der Waals surface area contributed by atoms with Crippen LogP contribution in [0.3, 0.4) is 0 Å². The lowest BCUT2D eigenvalue weighted by Crippen LogP contribution is -2.50. The highest BCUT2D eigenvalue weighted by Crippen LogP contribution is 2.34. The molecule has 0 amide bonds. The molecule has 1 aliphatic carbocycles. The van der Waals surface area contributed by atoms with Crippen molar-refractivity contribution in [2.45, 2.75) is 39.5 Å². The zero-order chi connectivity index (χ0) is 22.7. The third-order valence-electron chi connectivity index (χ3n) is 6.93. The van der Waals surface area contributed by atoms with Gasteiger partial charge in [-0.2, -0.15) is 0 Å². The zero-order valence-electron chi connectivity index (χ0n) is 18.9. The number of nitrogens with zero attached hydrogens (tertiary/aromatic N) is 1. The van der Waals surface area contributed by atoms with Crippen molar-refractivity contribution in [3.05, 3.63) is 70.5 Å². The minimum absolute atomic E-state index is 0.200. The molecule has 0 aromatic heterocycles. The molecule has 0 bridgehead atoms. The van der Waals surface area contributed by atoms with Gasteiger partial charge < -0.3 is 9.84 Å². The van der Waals surface area contributed by atoms with Crippen molar-refractivity contribution in [1.29, 1.82) is 0 Å². The van der Waals surface area contributed by atoms with Gasteiger partial charge in [0.15, 0.2) is 0 Å². The second kappa shape index (κ2) is 9.86. The molecule has 1 N–H and O–H groups in total. The molecule has 2 aromatic rings. The average molecular weight is 438 g/mol. The first kappa shape index (κ1) is 22.5. The average Bonchev–Trinajstić information content (AvgIpc) is 2.75. The molecular formula is C27H32FNO3. The number of rotatable bonds is 9. The molecule has 0 spiro atoms. The number of hydrogen-bond donors (Lipinski definition) is 1. The van der Waals surface area contributed by atoms with Gasteiger partial charge in [0.2, 0.25) is 0 Å². The molecule has 1 fully saturated rings. The van der Waals surface area contributed by atoms with Crippen LogP contribution >= 0.6 is 0 Å². The van der Waals surface area contributed by atoms with Gasteiger partial charge in [-0.3, -0.25) is 9.69 Å². The van der Waals surface area contributed by atoms with Crippen molar-refractivity contribution in [1.82, 2.24) is 4.90 Å². The summed E-state index contributed by atoms with van der Waals surface area (Å²) in [6.07, 6.45) is 3.89. The van der Waals surface area contributed by atoms with Crippen LogP contribution < -0.4 is 4.74 Å². The summed E-state index contributed by atoms with van der Waals surface area (Å²) in [5.41, 5.74) is 6.48. The molecule has 1 aliphatic heterocycles. The van der Waals surface area contributed by atoms with E-state index in [9.17, 15) is 9.18 Å². The predicted octanol–water partition coefficient (Wildman–Crippen LogP) is 5.21. The Kier molecular flexibility index (Phi) is 6.95. The summed E-state index contributed by atoms with van der Waals surface area (Å²) in [6, 6.07) is 13.1. The Bertz CT molecular complexity index is 992. The van der Waals surface area contributed by atoms with Crippen LogP contribution in [0.25, 0.3) is 5.57 Å². The second-order valence-electron chi connectivity index (χ2n) is 9.19. The Morgan fingerprint density at radius 2 is 1.94 bits per heavy atom. The van der Waals surface area contributed by atoms with Crippen molar-refractivity contribution >= 4 is 11.5 Å². The van der Waals surface area contributed by atoms with Crippen LogP contribution in [0.1, 0.15) is 43.4 Å². The smallest absolute Gasteiger partial charge is 0.309 e. The molecule has 1 atom stereocenters. The lowest BCUT2D eigenvalue weighted by atomic mass is 9.85. The lowest BCUT2D eigenvalue weighted by molar-refractivity contribution is -0.147. The largest absolute Gasteiger partial charge is 0.493 e. The summed E-state index contributed by atoms with van der Waals surface area (Å²) in [4.78, 5) is 13.3. The fourth-order valence-electron chi connectivity index (χ4n) is 4.71. The topological polar surface area (TPSA) is 49.8 Å². The summed E-state index contributed by atoms with van der Waals surface area (Å²) in [6.45, 7) is 7.17. The number of likely N-dealkylation sites (tertiary alicyclic amines) is 1. The van der Waals surface area contributed by atoms with E-state index >= 15 is 0 Å². The minimum atomic E-state index is -0.684. The van der Waals surface area contributed by atoms with Crippen LogP contribution in [0, 0.1) is 17.7 Å². The molecule has 0 radical (unpaired) electrons. The third-order valence-corrected chi connectivity index (χ3v) is 6.93. The van der Waals surface area contributed by atoms with Gasteiger partial charge in [0.05, 0.1) is 12.5 Å². The number of carboxylic acid groups (broad SMARTS) is 1. The highest BCUT2D eigenvalue weighted by atomic mass is 19.1. The van der Waals surface area contributed by atoms with E-state index in [1.54, 1.807) is 0 Å². The molecule has 170 valence electrons. The van der Waals surface area contributed by atoms with Gasteiger partial charge in [0, 0.05) is 19.6 Å². The first-order valence-corrected chi connectivity index (χ1v) is 11.6. The molecule has 4 nitrogen and oxygen atoms in total. The first-order chi connectivity index (χ1) is 15.4. The normalized spacial score (nSPS) is 17.6. The number of aliphatic carboxylic acids is 1. The van der Waals surface area contributed by atoms with Crippen LogP contribution in [0.2, 0.25) is 0 Å². The second-order valence-corrected chi connectivity index (χ2v) is 9.19. The van der Waals surface area contributed by atoms with E-state index < -0.39 is 5.97 Å². The van der Waals surface area contributed by atoms with Crippen LogP contribution in [-0.2, 0) is 17.6 Å². The van der Waals surface area contributed by atoms with Gasteiger partial charge in [-0.15, -0.1) is 0 Å². The molecule has 0 unspecified atom stereocenters. The van der Waals surface area contributed by atoms with Crippen molar-refractivity contribution in [3.63, 3.8) is 0 Å². The zero-order valence-corrected chi connectivity index (χ0v) is 18.9. The molecule has 2 aromatic carbocycles. The highest BCUT2D eigenvalue weighted by molar-refractivity contribution is 5.73. The summed E-state index contributed by atoms with van der Waals surface area (Å²) in [5, 5.41) is 9.08. The number of halogens is 1. The Labute approximate surface area is 189 Å². The summed E-state index contributed by atoms with van der Waals surface area (Å²) < 4.78 is 19.3. The Balaban J connectivity index is 1.35. The molecule has 1 heterocycles. The number of hydrogen-bond acceptors (Lipinski definition) is 3. The number of carbonyl (C=O) groups is 1. The number of aryl methyl sites for hydroxylation is 1. The minimum Gasteiger partial charge on any atom is -0.493 e. The van der Waals surface area contributed by atoms with E-state index in [4.69, 9.17) is 9.84 Å². The fraction of sp³-hybridized carbons (Fsp3) is 0.444. The van der Waals surface area contributed by atoms with Crippen LogP contribution in [0.5, 0.6) is 5.75 Å². The standard InChI is InChI=1S/C27H32FNO3/c1-3-19(12-20-4-8-24(28)9-5-20)17-32-25-10-11-26-18(2)22(7-6-21(26)13-25)14-29-15-23(16-29)27(30)31/h4-5,8-11,13,19,23H,3,6-7,12,14-17H2,1-2H3,(H,30,31)/t19-/m0/s1. The first-order valence-electron chi connectivity index (χ1n) is 11.6. The third kappa shape index (κ3) is 5.21. The maximum absolute atomic E-state index is 13.1. The predicted molar refractivity (Wildman–Crippen MR) is 124 cm³/mol. The van der Waals surface area contributed by atoms with Crippen LogP contribution in [-0.4, -0.2) is 42.2 Å². The Morgan fingerprint density at radius 1 is 1.19 bits per heavy atom. The van der Waals surface area contributed by atoms with Gasteiger partial charge in [0.1, 0.15) is 11.6 Å². The molecule has 5 heteroatoms. The molecular weight excluding hydrogens is 405 g/mol. The summed E-state index contributed by atoms with van der Waals surface area (Å²) in [5.74, 6) is 0.201. The summed E-state index contributed by atoms with van der Waals surface area (Å²) in [7, 11) is 0. The maximum atomic E-state index is 13.1. The van der Waals surface area contributed by atoms with E-state index in [-0.39, 0.29) is 11.7 Å². The Morgan fingerprint density at radius 3 is 2.62 bits per heavy atom. The van der Waals surface area contributed by atoms with Crippen molar-refractivity contribution in [2.24, 2.45) is 11.8 Å². The number of benzene rings is 2. The summed E-state index contributed by atoms with van der Waals surface area (Å²) >= 11 is 0. The quantitative estimate of drug-likeness (QED) is 0.585. The van der Waals surface area contributed by atoms with E-state index in [0.717, 1.165) is 43.5 Å². The molecule has 32 heavy (non-hydrogen) atoms. The van der Waals surface area contributed by atoms with Gasteiger partial charge in [-0.25, -0.2) is 4.39 Å². The Hall–Kier alpha value is -2.66. The van der Waals surface area contributed by atoms with Crippen LogP contribution in [0.4, 0.5) is 4.39 Å². The van der Waals surface area contributed by atoms with Gasteiger partial charge >= 0.3 is 5.97 Å². The van der Waals surface area contributed by atoms with Crippen molar-refractivity contribution in [2.75, 3.05) is 26.2 Å². The van der Waals surface area contributed by atoms with Gasteiger partial charge in [-0.1, -0.05) is 30.7 Å². The number of fused-ring (bicyclic) bond motifs is 1. The molecule has 0 saturated carbocycles. The van der Waals surface area contributed by atoms with Crippen LogP contribution in [0.15, 0.2) is 48.0 Å². The van der Waals surface area contributed by atoms with E-state index in [1.165, 1.54) is 34.4 Å². The highest BCUT2D eigenvalue weighted by Gasteiger charge is 2.33. The van der Waals surface area contributed by atoms with E-state index in [1.807, 2.05) is 12.1 Å². The van der Waals surface area contributed by atoms with Crippen molar-refractivity contribution < 1.29 is 19.0 Å². The van der Waals surface area contributed by atoms with E-state index in [0.29, 0.717) is 25.6 Å². The molecule has 1 saturated heterocycles. The van der Waals surface area contributed by atoms with E-state index in [2.05, 4.69) is 36.9 Å². The SMILES string of the molecule is CC[C@H](COc1ccc2c(c1)CCC(CN1CC(C(=O)O)C1)=C2C)Cc1ccc(F)cc1. The molecule has 2 aliphatic rings. The number of ether oxygens (including phenoxy) is 1. The van der Waals surface area contributed by atoms with Gasteiger partial charge in [-0.05, 0) is 85.1 Å². The lowest BCUT2D eigenvalue weighted by Gasteiger charge is -2.38. The number of allylic oxidation sites excluding steroid dienone is 1. The monoisotopic (exact) mass is 437 g/mol. The molecule has 4 rings (SSSR count). The number of carboxylic acids is 1. The van der Waals surface area contributed by atoms with Crippen molar-refractivity contribution in [3.8, 4) is 5.75 Å². The fourth-order valence-corrected chi connectivity index (χ4v) is 4.71.